The molecule has 5 nitrogen and oxygen atoms in total. The van der Waals surface area contributed by atoms with Crippen LogP contribution in [0, 0.1) is 0 Å². The van der Waals surface area contributed by atoms with Crippen LogP contribution in [0.5, 0.6) is 5.75 Å². The highest BCUT2D eigenvalue weighted by Crippen LogP contribution is 2.22. The van der Waals surface area contributed by atoms with Gasteiger partial charge in [-0.2, -0.15) is 0 Å². The Morgan fingerprint density at radius 2 is 2.19 bits per heavy atom. The Kier molecular flexibility index (Phi) is 6.91. The third kappa shape index (κ3) is 6.42. The maximum atomic E-state index is 10.6. The third-order valence-electron chi connectivity index (χ3n) is 3.08. The molecule has 5 heteroatoms. The summed E-state index contributed by atoms with van der Waals surface area (Å²) >= 11 is 0. The lowest BCUT2D eigenvalue weighted by atomic mass is 10.1. The van der Waals surface area contributed by atoms with Crippen LogP contribution in [0.3, 0.4) is 0 Å². The van der Waals surface area contributed by atoms with Crippen molar-refractivity contribution in [2.24, 2.45) is 0 Å². The maximum absolute atomic E-state index is 10.6. The topological polar surface area (TPSA) is 70.0 Å². The Morgan fingerprint density at radius 1 is 1.48 bits per heavy atom. The molecule has 0 aliphatic heterocycles. The van der Waals surface area contributed by atoms with E-state index in [4.69, 9.17) is 9.84 Å². The predicted molar refractivity (Wildman–Crippen MR) is 82.3 cm³/mol. The van der Waals surface area contributed by atoms with Gasteiger partial charge in [0.2, 0.25) is 0 Å². The van der Waals surface area contributed by atoms with Crippen LogP contribution in [-0.4, -0.2) is 47.9 Å². The van der Waals surface area contributed by atoms with Crippen molar-refractivity contribution in [1.29, 1.82) is 0 Å². The molecule has 0 bridgehead atoms. The Hall–Kier alpha value is -1.85. The first kappa shape index (κ1) is 17.2. The number of carboxylic acids is 1. The molecule has 0 heterocycles. The molecule has 1 aromatic carbocycles. The number of benzene rings is 1. The molecular weight excluding hydrogens is 270 g/mol. The monoisotopic (exact) mass is 293 g/mol. The van der Waals surface area contributed by atoms with Gasteiger partial charge in [-0.15, -0.1) is 0 Å². The largest absolute Gasteiger partial charge is 0.496 e. The van der Waals surface area contributed by atoms with Crippen molar-refractivity contribution < 1.29 is 19.7 Å². The van der Waals surface area contributed by atoms with Gasteiger partial charge in [0.25, 0.3) is 0 Å². The standard InChI is InChI=1S/C16H23NO4/c1-12(18)8-9-17(2)11-13-4-6-15(21-3)14(10-13)5-7-16(19)20/h4-7,10,12,18H,8-9,11H2,1-3H3,(H,19,20)/b7-5+. The summed E-state index contributed by atoms with van der Waals surface area (Å²) in [7, 11) is 3.54. The quantitative estimate of drug-likeness (QED) is 0.717. The zero-order chi connectivity index (χ0) is 15.8. The van der Waals surface area contributed by atoms with Gasteiger partial charge in [-0.3, -0.25) is 0 Å². The number of ether oxygens (including phenoxy) is 1. The fourth-order valence-corrected chi connectivity index (χ4v) is 1.97. The van der Waals surface area contributed by atoms with E-state index in [1.54, 1.807) is 14.0 Å². The highest BCUT2D eigenvalue weighted by atomic mass is 16.5. The van der Waals surface area contributed by atoms with Crippen molar-refractivity contribution in [2.45, 2.75) is 26.0 Å². The summed E-state index contributed by atoms with van der Waals surface area (Å²) in [6.45, 7) is 3.30. The van der Waals surface area contributed by atoms with Gasteiger partial charge in [0, 0.05) is 24.7 Å². The average Bonchev–Trinajstić information content (AvgIpc) is 2.43. The molecular formula is C16H23NO4. The molecule has 1 aromatic rings. The van der Waals surface area contributed by atoms with Crippen LogP contribution in [0.1, 0.15) is 24.5 Å². The smallest absolute Gasteiger partial charge is 0.328 e. The van der Waals surface area contributed by atoms with Crippen molar-refractivity contribution in [3.8, 4) is 5.75 Å². The number of hydrogen-bond donors (Lipinski definition) is 2. The van der Waals surface area contributed by atoms with E-state index in [2.05, 4.69) is 4.90 Å². The summed E-state index contributed by atoms with van der Waals surface area (Å²) < 4.78 is 5.23. The average molecular weight is 293 g/mol. The molecule has 0 spiro atoms. The van der Waals surface area contributed by atoms with E-state index in [1.807, 2.05) is 25.2 Å². The first-order chi connectivity index (χ1) is 9.92. The summed E-state index contributed by atoms with van der Waals surface area (Å²) in [6, 6.07) is 5.70. The molecule has 0 fully saturated rings. The molecule has 21 heavy (non-hydrogen) atoms. The zero-order valence-corrected chi connectivity index (χ0v) is 12.7. The van der Waals surface area contributed by atoms with Crippen LogP contribution in [0.15, 0.2) is 24.3 Å². The number of carbonyl (C=O) groups is 1. The predicted octanol–water partition coefficient (Wildman–Crippen LogP) is 2.00. The van der Waals surface area contributed by atoms with Gasteiger partial charge in [0.05, 0.1) is 13.2 Å². The number of aliphatic hydroxyl groups is 1. The number of nitrogens with zero attached hydrogens (tertiary/aromatic N) is 1. The van der Waals surface area contributed by atoms with Crippen LogP contribution in [0.25, 0.3) is 6.08 Å². The minimum absolute atomic E-state index is 0.308. The van der Waals surface area contributed by atoms with Crippen LogP contribution in [-0.2, 0) is 11.3 Å². The molecule has 0 saturated carbocycles. The first-order valence-corrected chi connectivity index (χ1v) is 6.87. The lowest BCUT2D eigenvalue weighted by molar-refractivity contribution is -0.131. The lowest BCUT2D eigenvalue weighted by Gasteiger charge is -2.18. The minimum Gasteiger partial charge on any atom is -0.496 e. The molecule has 0 amide bonds. The van der Waals surface area contributed by atoms with Crippen molar-refractivity contribution in [3.63, 3.8) is 0 Å². The Morgan fingerprint density at radius 3 is 2.76 bits per heavy atom. The van der Waals surface area contributed by atoms with Gasteiger partial charge >= 0.3 is 5.97 Å². The van der Waals surface area contributed by atoms with E-state index in [-0.39, 0.29) is 6.10 Å². The second-order valence-corrected chi connectivity index (χ2v) is 5.12. The van der Waals surface area contributed by atoms with E-state index in [0.29, 0.717) is 5.75 Å². The van der Waals surface area contributed by atoms with Gasteiger partial charge in [-0.25, -0.2) is 4.79 Å². The van der Waals surface area contributed by atoms with E-state index in [1.165, 1.54) is 6.08 Å². The maximum Gasteiger partial charge on any atom is 0.328 e. The van der Waals surface area contributed by atoms with Gasteiger partial charge < -0.3 is 19.8 Å². The highest BCUT2D eigenvalue weighted by molar-refractivity contribution is 5.85. The summed E-state index contributed by atoms with van der Waals surface area (Å²) in [5, 5.41) is 18.0. The normalized spacial score (nSPS) is 12.8. The molecule has 0 saturated heterocycles. The first-order valence-electron chi connectivity index (χ1n) is 6.87. The van der Waals surface area contributed by atoms with Gasteiger partial charge in [-0.1, -0.05) is 6.07 Å². The molecule has 116 valence electrons. The van der Waals surface area contributed by atoms with Gasteiger partial charge in [0.1, 0.15) is 5.75 Å². The highest BCUT2D eigenvalue weighted by Gasteiger charge is 2.06. The molecule has 1 atom stereocenters. The van der Waals surface area contributed by atoms with E-state index < -0.39 is 5.97 Å². The molecule has 1 rings (SSSR count). The van der Waals surface area contributed by atoms with Crippen LogP contribution >= 0.6 is 0 Å². The summed E-state index contributed by atoms with van der Waals surface area (Å²) in [5.41, 5.74) is 1.80. The van der Waals surface area contributed by atoms with Crippen molar-refractivity contribution in [2.75, 3.05) is 20.7 Å². The van der Waals surface area contributed by atoms with Crippen LogP contribution in [0.4, 0.5) is 0 Å². The molecule has 1 unspecified atom stereocenters. The second-order valence-electron chi connectivity index (χ2n) is 5.12. The molecule has 2 N–H and O–H groups in total. The molecule has 0 aromatic heterocycles. The number of aliphatic carboxylic acids is 1. The number of carboxylic acid groups (broad SMARTS) is 1. The van der Waals surface area contributed by atoms with Crippen molar-refractivity contribution in [1.82, 2.24) is 4.90 Å². The number of aliphatic hydroxyl groups excluding tert-OH is 1. The van der Waals surface area contributed by atoms with E-state index in [9.17, 15) is 9.90 Å². The molecule has 0 aliphatic rings. The number of rotatable bonds is 8. The second kappa shape index (κ2) is 8.44. The fraction of sp³-hybridized carbons (Fsp3) is 0.438. The lowest BCUT2D eigenvalue weighted by Crippen LogP contribution is -2.22. The summed E-state index contributed by atoms with van der Waals surface area (Å²) in [6.07, 6.45) is 3.04. The fourth-order valence-electron chi connectivity index (χ4n) is 1.97. The Labute approximate surface area is 125 Å². The van der Waals surface area contributed by atoms with Crippen molar-refractivity contribution >= 4 is 12.0 Å². The summed E-state index contributed by atoms with van der Waals surface area (Å²) in [5.74, 6) is -0.348. The Balaban J connectivity index is 2.79. The Bertz CT molecular complexity index is 497. The van der Waals surface area contributed by atoms with Gasteiger partial charge in [-0.05, 0) is 44.2 Å². The van der Waals surface area contributed by atoms with E-state index in [0.717, 1.165) is 36.7 Å². The number of hydrogen-bond acceptors (Lipinski definition) is 4. The van der Waals surface area contributed by atoms with Crippen LogP contribution < -0.4 is 4.74 Å². The molecule has 0 radical (unpaired) electrons. The summed E-state index contributed by atoms with van der Waals surface area (Å²) in [4.78, 5) is 12.7. The van der Waals surface area contributed by atoms with Gasteiger partial charge in [0.15, 0.2) is 0 Å². The zero-order valence-electron chi connectivity index (χ0n) is 12.7. The van der Waals surface area contributed by atoms with Crippen molar-refractivity contribution in [3.05, 3.63) is 35.4 Å². The van der Waals surface area contributed by atoms with E-state index >= 15 is 0 Å². The van der Waals surface area contributed by atoms with Crippen LogP contribution in [0.2, 0.25) is 0 Å². The number of methoxy groups -OCH3 is 1. The third-order valence-corrected chi connectivity index (χ3v) is 3.08. The molecule has 0 aliphatic carbocycles. The SMILES string of the molecule is COc1ccc(CN(C)CCC(C)O)cc1/C=C/C(=O)O. The minimum atomic E-state index is -0.989.